The summed E-state index contributed by atoms with van der Waals surface area (Å²) in [5.41, 5.74) is 17.4. The molecule has 0 saturated heterocycles. The van der Waals surface area contributed by atoms with E-state index >= 15 is 0 Å². The van der Waals surface area contributed by atoms with Gasteiger partial charge in [-0.25, -0.2) is 0 Å². The Bertz CT molecular complexity index is 3690. The molecule has 0 N–H and O–H groups in total. The van der Waals surface area contributed by atoms with Gasteiger partial charge in [0, 0.05) is 44.3 Å². The van der Waals surface area contributed by atoms with Crippen molar-refractivity contribution in [3.8, 4) is 39.1 Å². The fourth-order valence-corrected chi connectivity index (χ4v) is 10.9. The van der Waals surface area contributed by atoms with Crippen molar-refractivity contribution in [2.75, 3.05) is 4.90 Å². The van der Waals surface area contributed by atoms with Gasteiger partial charge in [-0.05, 0) is 144 Å². The second-order valence-corrected chi connectivity index (χ2v) is 17.7. The van der Waals surface area contributed by atoms with Crippen LogP contribution in [0.25, 0.3) is 93.2 Å². The average molecular weight is 803 g/mol. The summed E-state index contributed by atoms with van der Waals surface area (Å²) < 4.78 is 2.49. The molecule has 0 radical (unpaired) electrons. The minimum Gasteiger partial charge on any atom is -0.311 e. The van der Waals surface area contributed by atoms with Crippen LogP contribution in [0.1, 0.15) is 25.0 Å². The highest BCUT2D eigenvalue weighted by molar-refractivity contribution is 6.33. The molecule has 0 unspecified atom stereocenters. The Morgan fingerprint density at radius 1 is 0.365 bits per heavy atom. The van der Waals surface area contributed by atoms with Gasteiger partial charge in [-0.1, -0.05) is 159 Å². The van der Waals surface area contributed by atoms with Crippen molar-refractivity contribution in [3.05, 3.63) is 230 Å². The first-order chi connectivity index (χ1) is 31.0. The zero-order valence-electron chi connectivity index (χ0n) is 35.2. The van der Waals surface area contributed by atoms with E-state index in [1.54, 1.807) is 0 Å². The molecule has 12 aromatic rings. The molecule has 2 heteroatoms. The van der Waals surface area contributed by atoms with Crippen molar-refractivity contribution in [1.29, 1.82) is 0 Å². The van der Waals surface area contributed by atoms with Crippen molar-refractivity contribution < 1.29 is 0 Å². The van der Waals surface area contributed by atoms with Gasteiger partial charge in [0.05, 0.1) is 11.0 Å². The summed E-state index contributed by atoms with van der Waals surface area (Å²) in [7, 11) is 0. The second kappa shape index (κ2) is 13.5. The zero-order valence-corrected chi connectivity index (χ0v) is 35.2. The van der Waals surface area contributed by atoms with Crippen LogP contribution in [-0.2, 0) is 5.41 Å². The molecule has 63 heavy (non-hydrogen) atoms. The molecule has 1 heterocycles. The van der Waals surface area contributed by atoms with Crippen LogP contribution >= 0.6 is 0 Å². The molecule has 1 aliphatic carbocycles. The molecule has 0 saturated carbocycles. The lowest BCUT2D eigenvalue weighted by Gasteiger charge is -2.25. The number of nitrogens with zero attached hydrogens (tertiary/aromatic N) is 2. The van der Waals surface area contributed by atoms with Crippen LogP contribution in [0.5, 0.6) is 0 Å². The molecule has 0 atom stereocenters. The molecule has 0 spiro atoms. The Kier molecular flexibility index (Phi) is 7.68. The molecule has 0 bridgehead atoms. The maximum Gasteiger partial charge on any atom is 0.0620 e. The molecule has 13 rings (SSSR count). The van der Waals surface area contributed by atoms with Gasteiger partial charge in [-0.2, -0.15) is 0 Å². The molecule has 0 fully saturated rings. The third-order valence-electron chi connectivity index (χ3n) is 13.9. The minimum absolute atomic E-state index is 0.0179. The van der Waals surface area contributed by atoms with E-state index in [0.717, 1.165) is 22.7 Å². The lowest BCUT2D eigenvalue weighted by Crippen LogP contribution is -2.14. The number of fused-ring (bicyclic) bond motifs is 7. The third-order valence-corrected chi connectivity index (χ3v) is 13.9. The SMILES string of the molecule is CC1(C)c2ccccc2-c2cc(-c3ccc4c(c3)c3cc5ccc6ccc(-c7ccc(N(c8ccccc8)c8ccccc8)cc7)c7ccc(c5c67)c3n4-c3ccccc3)ccc21. The number of benzene rings is 11. The number of hydrogen-bond acceptors (Lipinski definition) is 1. The van der Waals surface area contributed by atoms with Crippen LogP contribution in [0.2, 0.25) is 0 Å². The van der Waals surface area contributed by atoms with Gasteiger partial charge in [0.1, 0.15) is 0 Å². The molecule has 1 aliphatic rings. The molecule has 2 nitrogen and oxygen atoms in total. The van der Waals surface area contributed by atoms with Crippen LogP contribution in [0.3, 0.4) is 0 Å². The quantitative estimate of drug-likeness (QED) is 0.152. The summed E-state index contributed by atoms with van der Waals surface area (Å²) in [5.74, 6) is 0. The third kappa shape index (κ3) is 5.31. The van der Waals surface area contributed by atoms with Crippen LogP contribution in [0.15, 0.2) is 218 Å². The summed E-state index contributed by atoms with van der Waals surface area (Å²) in [6.07, 6.45) is 0. The van der Waals surface area contributed by atoms with Gasteiger partial charge in [-0.15, -0.1) is 0 Å². The Hall–Kier alpha value is -7.94. The minimum atomic E-state index is -0.0179. The second-order valence-electron chi connectivity index (χ2n) is 17.7. The van der Waals surface area contributed by atoms with E-state index in [1.807, 2.05) is 0 Å². The van der Waals surface area contributed by atoms with Gasteiger partial charge < -0.3 is 9.47 Å². The number of para-hydroxylation sites is 3. The van der Waals surface area contributed by atoms with Crippen LogP contribution in [0, 0.1) is 0 Å². The summed E-state index contributed by atoms with van der Waals surface area (Å²) in [6.45, 7) is 4.70. The van der Waals surface area contributed by atoms with Gasteiger partial charge in [0.15, 0.2) is 0 Å². The monoisotopic (exact) mass is 802 g/mol. The lowest BCUT2D eigenvalue weighted by atomic mass is 9.82. The molecule has 296 valence electrons. The Morgan fingerprint density at radius 2 is 0.937 bits per heavy atom. The Balaban J connectivity index is 0.991. The molecular formula is C61H42N2. The van der Waals surface area contributed by atoms with Gasteiger partial charge in [-0.3, -0.25) is 0 Å². The Labute approximate surface area is 366 Å². The van der Waals surface area contributed by atoms with Crippen molar-refractivity contribution in [2.45, 2.75) is 19.3 Å². The molecular weight excluding hydrogens is 761 g/mol. The average Bonchev–Trinajstić information content (AvgIpc) is 3.79. The van der Waals surface area contributed by atoms with Crippen molar-refractivity contribution in [3.63, 3.8) is 0 Å². The molecule has 11 aromatic carbocycles. The summed E-state index contributed by atoms with van der Waals surface area (Å²) in [5, 5.41) is 10.2. The topological polar surface area (TPSA) is 8.17 Å². The summed E-state index contributed by atoms with van der Waals surface area (Å²) >= 11 is 0. The standard InChI is InChI=1S/C61H42N2/c1-61(2)55-21-13-12-20-49(55)52-36-41(27-34-56(52)61)42-28-35-57-53(37-42)54-38-43-23-22-40-26-31-48(50-32-33-51(59(43)58(40)50)60(54)63(57)46-18-10-5-11-19-46)39-24-29-47(30-25-39)62(44-14-6-3-7-15-44)45-16-8-4-9-17-45/h3-38H,1-2H3. The van der Waals surface area contributed by atoms with Crippen LogP contribution in [0.4, 0.5) is 17.1 Å². The lowest BCUT2D eigenvalue weighted by molar-refractivity contribution is 0.660. The first kappa shape index (κ1) is 35.8. The maximum absolute atomic E-state index is 2.49. The Morgan fingerprint density at radius 3 is 1.70 bits per heavy atom. The van der Waals surface area contributed by atoms with Gasteiger partial charge in [0.2, 0.25) is 0 Å². The molecule has 1 aromatic heterocycles. The first-order valence-corrected chi connectivity index (χ1v) is 22.0. The largest absolute Gasteiger partial charge is 0.311 e. The van der Waals surface area contributed by atoms with E-state index in [-0.39, 0.29) is 5.41 Å². The summed E-state index contributed by atoms with van der Waals surface area (Å²) in [4.78, 5) is 2.32. The fraction of sp³-hybridized carbons (Fsp3) is 0.0492. The highest BCUT2D eigenvalue weighted by atomic mass is 15.1. The summed E-state index contributed by atoms with van der Waals surface area (Å²) in [6, 6.07) is 80.8. The number of anilines is 3. The van der Waals surface area contributed by atoms with Crippen LogP contribution < -0.4 is 4.90 Å². The fourth-order valence-electron chi connectivity index (χ4n) is 10.9. The van der Waals surface area contributed by atoms with E-state index in [1.165, 1.54) is 98.6 Å². The van der Waals surface area contributed by atoms with Gasteiger partial charge >= 0.3 is 0 Å². The number of rotatable bonds is 6. The predicted molar refractivity (Wildman–Crippen MR) is 268 cm³/mol. The van der Waals surface area contributed by atoms with E-state index in [0.29, 0.717) is 0 Å². The highest BCUT2D eigenvalue weighted by Gasteiger charge is 2.35. The van der Waals surface area contributed by atoms with E-state index in [4.69, 9.17) is 0 Å². The maximum atomic E-state index is 2.49. The van der Waals surface area contributed by atoms with E-state index in [9.17, 15) is 0 Å². The van der Waals surface area contributed by atoms with Crippen molar-refractivity contribution in [1.82, 2.24) is 4.57 Å². The molecule has 0 amide bonds. The highest BCUT2D eigenvalue weighted by Crippen LogP contribution is 2.50. The number of aromatic nitrogens is 1. The normalized spacial score (nSPS) is 13.0. The van der Waals surface area contributed by atoms with Gasteiger partial charge in [0.25, 0.3) is 0 Å². The zero-order chi connectivity index (χ0) is 41.8. The van der Waals surface area contributed by atoms with E-state index < -0.39 is 0 Å². The molecule has 0 aliphatic heterocycles. The number of hydrogen-bond donors (Lipinski definition) is 0. The predicted octanol–water partition coefficient (Wildman–Crippen LogP) is 16.8. The van der Waals surface area contributed by atoms with Crippen molar-refractivity contribution in [2.24, 2.45) is 0 Å². The van der Waals surface area contributed by atoms with Crippen molar-refractivity contribution >= 4 is 71.2 Å². The smallest absolute Gasteiger partial charge is 0.0620 e. The van der Waals surface area contributed by atoms with E-state index in [2.05, 4.69) is 242 Å². The first-order valence-electron chi connectivity index (χ1n) is 22.0. The van der Waals surface area contributed by atoms with Crippen LogP contribution in [-0.4, -0.2) is 4.57 Å².